The first-order valence-electron chi connectivity index (χ1n) is 8.52. The number of aliphatic carboxylic acids is 1. The topological polar surface area (TPSA) is 109 Å². The standard InChI is InChI=1S/C20H24N2O5/c1-12-6-5-7-16(23)18(12)14-8-13(10-21-11-14)15(9-17(24)25)22-19(26)27-20(2,3)4/h5-8,10-11,15,23H,9H2,1-4H3,(H,22,26)(H,24,25). The number of hydrogen-bond acceptors (Lipinski definition) is 5. The van der Waals surface area contributed by atoms with Crippen molar-refractivity contribution in [3.05, 3.63) is 47.8 Å². The number of phenols is 1. The molecule has 0 aliphatic carbocycles. The summed E-state index contributed by atoms with van der Waals surface area (Å²) in [4.78, 5) is 27.5. The third kappa shape index (κ3) is 5.70. The summed E-state index contributed by atoms with van der Waals surface area (Å²) in [5.74, 6) is -0.968. The van der Waals surface area contributed by atoms with Crippen LogP contribution in [0.3, 0.4) is 0 Å². The third-order valence-electron chi connectivity index (χ3n) is 3.77. The lowest BCUT2D eigenvalue weighted by atomic mass is 9.97. The van der Waals surface area contributed by atoms with Gasteiger partial charge in [0.15, 0.2) is 0 Å². The number of aromatic nitrogens is 1. The van der Waals surface area contributed by atoms with Gasteiger partial charge in [-0.15, -0.1) is 0 Å². The molecule has 1 amide bonds. The molecule has 2 aromatic rings. The van der Waals surface area contributed by atoms with Crippen LogP contribution in [0.25, 0.3) is 11.1 Å². The minimum Gasteiger partial charge on any atom is -0.507 e. The van der Waals surface area contributed by atoms with Crippen molar-refractivity contribution in [3.63, 3.8) is 0 Å². The Morgan fingerprint density at radius 1 is 1.26 bits per heavy atom. The van der Waals surface area contributed by atoms with Gasteiger partial charge in [-0.05, 0) is 51.0 Å². The number of benzene rings is 1. The van der Waals surface area contributed by atoms with E-state index in [1.807, 2.05) is 13.0 Å². The van der Waals surface area contributed by atoms with E-state index in [4.69, 9.17) is 4.74 Å². The molecule has 0 radical (unpaired) electrons. The van der Waals surface area contributed by atoms with Gasteiger partial charge in [-0.1, -0.05) is 12.1 Å². The lowest BCUT2D eigenvalue weighted by Gasteiger charge is -2.23. The fourth-order valence-corrected chi connectivity index (χ4v) is 2.69. The van der Waals surface area contributed by atoms with E-state index in [1.165, 1.54) is 6.20 Å². The zero-order valence-electron chi connectivity index (χ0n) is 15.8. The van der Waals surface area contributed by atoms with Crippen molar-refractivity contribution in [2.24, 2.45) is 0 Å². The Morgan fingerprint density at radius 3 is 2.56 bits per heavy atom. The Balaban J connectivity index is 2.36. The summed E-state index contributed by atoms with van der Waals surface area (Å²) in [6.07, 6.45) is 2.03. The second-order valence-corrected chi connectivity index (χ2v) is 7.27. The summed E-state index contributed by atoms with van der Waals surface area (Å²) in [5, 5.41) is 22.0. The monoisotopic (exact) mass is 372 g/mol. The lowest BCUT2D eigenvalue weighted by Crippen LogP contribution is -2.35. The summed E-state index contributed by atoms with van der Waals surface area (Å²) in [6, 6.07) is 6.05. The number of hydrogen-bond donors (Lipinski definition) is 3. The maximum atomic E-state index is 12.1. The molecule has 27 heavy (non-hydrogen) atoms. The molecule has 0 saturated heterocycles. The van der Waals surface area contributed by atoms with Crippen LogP contribution >= 0.6 is 0 Å². The van der Waals surface area contributed by atoms with E-state index in [-0.39, 0.29) is 12.2 Å². The van der Waals surface area contributed by atoms with Crippen LogP contribution in [0.2, 0.25) is 0 Å². The van der Waals surface area contributed by atoms with Crippen LogP contribution < -0.4 is 5.32 Å². The highest BCUT2D eigenvalue weighted by Gasteiger charge is 2.23. The van der Waals surface area contributed by atoms with E-state index in [9.17, 15) is 19.8 Å². The van der Waals surface area contributed by atoms with Gasteiger partial charge in [0.25, 0.3) is 0 Å². The highest BCUT2D eigenvalue weighted by atomic mass is 16.6. The van der Waals surface area contributed by atoms with Crippen molar-refractivity contribution >= 4 is 12.1 Å². The molecule has 0 aliphatic heterocycles. The van der Waals surface area contributed by atoms with Crippen molar-refractivity contribution in [2.45, 2.75) is 45.8 Å². The Labute approximate surface area is 158 Å². The molecule has 0 spiro atoms. The maximum absolute atomic E-state index is 12.1. The highest BCUT2D eigenvalue weighted by molar-refractivity contribution is 5.75. The van der Waals surface area contributed by atoms with Crippen molar-refractivity contribution in [1.29, 1.82) is 0 Å². The molecule has 7 nitrogen and oxygen atoms in total. The Morgan fingerprint density at radius 2 is 1.96 bits per heavy atom. The van der Waals surface area contributed by atoms with Crippen LogP contribution in [0.4, 0.5) is 4.79 Å². The molecule has 3 N–H and O–H groups in total. The van der Waals surface area contributed by atoms with Gasteiger partial charge in [-0.2, -0.15) is 0 Å². The van der Waals surface area contributed by atoms with Crippen LogP contribution in [0.15, 0.2) is 36.7 Å². The SMILES string of the molecule is Cc1cccc(O)c1-c1cncc(C(CC(=O)O)NC(=O)OC(C)(C)C)c1. The molecule has 1 atom stereocenters. The number of ether oxygens (including phenoxy) is 1. The number of pyridine rings is 1. The molecule has 1 heterocycles. The van der Waals surface area contributed by atoms with E-state index >= 15 is 0 Å². The third-order valence-corrected chi connectivity index (χ3v) is 3.77. The summed E-state index contributed by atoms with van der Waals surface area (Å²) < 4.78 is 5.22. The Hall–Kier alpha value is -3.09. The molecule has 7 heteroatoms. The molecule has 0 saturated carbocycles. The summed E-state index contributed by atoms with van der Waals surface area (Å²) in [7, 11) is 0. The predicted molar refractivity (Wildman–Crippen MR) is 100 cm³/mol. The average molecular weight is 372 g/mol. The largest absolute Gasteiger partial charge is 0.507 e. The van der Waals surface area contributed by atoms with Gasteiger partial charge in [0, 0.05) is 23.5 Å². The summed E-state index contributed by atoms with van der Waals surface area (Å²) >= 11 is 0. The van der Waals surface area contributed by atoms with Crippen molar-refractivity contribution in [3.8, 4) is 16.9 Å². The van der Waals surface area contributed by atoms with E-state index in [0.717, 1.165) is 5.56 Å². The fraction of sp³-hybridized carbons (Fsp3) is 0.350. The summed E-state index contributed by atoms with van der Waals surface area (Å²) in [6.45, 7) is 7.03. The molecule has 0 bridgehead atoms. The number of rotatable bonds is 5. The predicted octanol–water partition coefficient (Wildman–Crippen LogP) is 3.80. The number of carboxylic acid groups (broad SMARTS) is 1. The van der Waals surface area contributed by atoms with Gasteiger partial charge < -0.3 is 20.3 Å². The lowest BCUT2D eigenvalue weighted by molar-refractivity contribution is -0.137. The van der Waals surface area contributed by atoms with Crippen LogP contribution in [0.5, 0.6) is 5.75 Å². The van der Waals surface area contributed by atoms with E-state index in [0.29, 0.717) is 16.7 Å². The van der Waals surface area contributed by atoms with Crippen molar-refractivity contribution < 1.29 is 24.5 Å². The Bertz CT molecular complexity index is 822. The molecule has 144 valence electrons. The maximum Gasteiger partial charge on any atom is 0.408 e. The number of carboxylic acids is 1. The molecule has 1 unspecified atom stereocenters. The molecule has 1 aromatic carbocycles. The van der Waals surface area contributed by atoms with Gasteiger partial charge in [0.1, 0.15) is 11.4 Å². The Kier molecular flexibility index (Phi) is 6.05. The number of phenolic OH excluding ortho intramolecular Hbond substituents is 1. The van der Waals surface area contributed by atoms with Crippen LogP contribution in [-0.4, -0.2) is 32.9 Å². The zero-order chi connectivity index (χ0) is 20.2. The molecular weight excluding hydrogens is 348 g/mol. The number of carbonyl (C=O) groups is 2. The molecular formula is C20H24N2O5. The zero-order valence-corrected chi connectivity index (χ0v) is 15.8. The summed E-state index contributed by atoms with van der Waals surface area (Å²) in [5.41, 5.74) is 1.89. The van der Waals surface area contributed by atoms with Crippen molar-refractivity contribution in [2.75, 3.05) is 0 Å². The van der Waals surface area contributed by atoms with E-state index in [2.05, 4.69) is 10.3 Å². The van der Waals surface area contributed by atoms with Gasteiger partial charge in [-0.25, -0.2) is 4.79 Å². The number of alkyl carbamates (subject to hydrolysis) is 1. The average Bonchev–Trinajstić information content (AvgIpc) is 2.52. The first-order valence-corrected chi connectivity index (χ1v) is 8.52. The highest BCUT2D eigenvalue weighted by Crippen LogP contribution is 2.33. The van der Waals surface area contributed by atoms with Gasteiger partial charge >= 0.3 is 12.1 Å². The second-order valence-electron chi connectivity index (χ2n) is 7.27. The minimum absolute atomic E-state index is 0.101. The number of amides is 1. The number of nitrogens with zero attached hydrogens (tertiary/aromatic N) is 1. The number of nitrogens with one attached hydrogen (secondary N) is 1. The van der Waals surface area contributed by atoms with E-state index in [1.54, 1.807) is 45.2 Å². The van der Waals surface area contributed by atoms with Gasteiger partial charge in [0.05, 0.1) is 12.5 Å². The van der Waals surface area contributed by atoms with Crippen LogP contribution in [-0.2, 0) is 9.53 Å². The number of aryl methyl sites for hydroxylation is 1. The molecule has 0 fully saturated rings. The normalized spacial score (nSPS) is 12.3. The van der Waals surface area contributed by atoms with Crippen LogP contribution in [0.1, 0.15) is 44.4 Å². The van der Waals surface area contributed by atoms with Crippen LogP contribution in [0, 0.1) is 6.92 Å². The smallest absolute Gasteiger partial charge is 0.408 e. The quantitative estimate of drug-likeness (QED) is 0.736. The van der Waals surface area contributed by atoms with Gasteiger partial charge in [-0.3, -0.25) is 9.78 Å². The van der Waals surface area contributed by atoms with E-state index < -0.39 is 23.7 Å². The van der Waals surface area contributed by atoms with Crippen molar-refractivity contribution in [1.82, 2.24) is 10.3 Å². The number of aromatic hydroxyl groups is 1. The fourth-order valence-electron chi connectivity index (χ4n) is 2.69. The minimum atomic E-state index is -1.07. The first kappa shape index (κ1) is 20.2. The molecule has 0 aliphatic rings. The second kappa shape index (κ2) is 8.07. The molecule has 1 aromatic heterocycles. The van der Waals surface area contributed by atoms with Gasteiger partial charge in [0.2, 0.25) is 0 Å². The molecule has 2 rings (SSSR count). The first-order chi connectivity index (χ1) is 12.6. The number of carbonyl (C=O) groups excluding carboxylic acids is 1.